The Bertz CT molecular complexity index is 543. The monoisotopic (exact) mass is 236 g/mol. The summed E-state index contributed by atoms with van der Waals surface area (Å²) in [7, 11) is 0. The highest BCUT2D eigenvalue weighted by atomic mass is 16.5. The van der Waals surface area contributed by atoms with Gasteiger partial charge in [0, 0.05) is 6.20 Å². The van der Waals surface area contributed by atoms with Crippen molar-refractivity contribution in [1.29, 1.82) is 0 Å². The first kappa shape index (κ1) is 10.6. The van der Waals surface area contributed by atoms with Crippen LogP contribution in [0.5, 0.6) is 0 Å². The van der Waals surface area contributed by atoms with E-state index < -0.39 is 24.4 Å². The molecule has 1 saturated heterocycles. The topological polar surface area (TPSA) is 104 Å². The number of aromatic nitrogens is 4. The third-order valence-electron chi connectivity index (χ3n) is 3.05. The zero-order valence-electron chi connectivity index (χ0n) is 9.11. The molecule has 4 atom stereocenters. The zero-order chi connectivity index (χ0) is 12.0. The van der Waals surface area contributed by atoms with Gasteiger partial charge in [-0.15, -0.1) is 0 Å². The predicted octanol–water partition coefficient (Wildman–Crippen LogP) is -0.466. The van der Waals surface area contributed by atoms with Crippen LogP contribution in [-0.4, -0.2) is 48.7 Å². The van der Waals surface area contributed by atoms with Crippen LogP contribution in [0.15, 0.2) is 12.5 Å². The zero-order valence-corrected chi connectivity index (χ0v) is 9.11. The van der Waals surface area contributed by atoms with Gasteiger partial charge in [0.25, 0.3) is 0 Å². The van der Waals surface area contributed by atoms with Crippen molar-refractivity contribution >= 4 is 11.0 Å². The molecule has 2 aromatic heterocycles. The molecule has 3 rings (SSSR count). The largest absolute Gasteiger partial charge is 0.388 e. The van der Waals surface area contributed by atoms with Crippen LogP contribution in [0, 0.1) is 0 Å². The number of hydrogen-bond acceptors (Lipinski definition) is 6. The molecule has 90 valence electrons. The van der Waals surface area contributed by atoms with E-state index in [9.17, 15) is 10.2 Å². The van der Waals surface area contributed by atoms with Gasteiger partial charge in [-0.1, -0.05) is 0 Å². The number of aromatic amines is 1. The van der Waals surface area contributed by atoms with Crippen molar-refractivity contribution in [3.63, 3.8) is 0 Å². The van der Waals surface area contributed by atoms with E-state index >= 15 is 0 Å². The van der Waals surface area contributed by atoms with Gasteiger partial charge in [-0.2, -0.15) is 5.10 Å². The van der Waals surface area contributed by atoms with Crippen LogP contribution in [0.4, 0.5) is 0 Å². The minimum absolute atomic E-state index is 0.419. The van der Waals surface area contributed by atoms with E-state index in [0.717, 1.165) is 0 Å². The summed E-state index contributed by atoms with van der Waals surface area (Å²) in [5, 5.41) is 27.0. The van der Waals surface area contributed by atoms with Crippen LogP contribution >= 0.6 is 0 Å². The molecule has 17 heavy (non-hydrogen) atoms. The Morgan fingerprint density at radius 3 is 2.88 bits per heavy atom. The molecule has 0 bridgehead atoms. The van der Waals surface area contributed by atoms with Crippen molar-refractivity contribution in [2.24, 2.45) is 0 Å². The van der Waals surface area contributed by atoms with Gasteiger partial charge < -0.3 is 14.9 Å². The van der Waals surface area contributed by atoms with E-state index in [4.69, 9.17) is 4.74 Å². The van der Waals surface area contributed by atoms with Gasteiger partial charge in [0.05, 0.1) is 17.2 Å². The third-order valence-corrected chi connectivity index (χ3v) is 3.05. The second-order valence-electron chi connectivity index (χ2n) is 4.14. The number of hydrogen-bond donors (Lipinski definition) is 3. The highest BCUT2D eigenvalue weighted by molar-refractivity contribution is 5.76. The molecule has 0 amide bonds. The number of nitrogens with zero attached hydrogens (tertiary/aromatic N) is 3. The number of rotatable bonds is 1. The van der Waals surface area contributed by atoms with Crippen LogP contribution in [0.1, 0.15) is 18.7 Å². The molecule has 7 nitrogen and oxygen atoms in total. The SMILES string of the molecule is C[C@H]1O[C@@H](c2[nH]nc3ncncc23)[C@H](O)[C@@H]1O. The van der Waals surface area contributed by atoms with Gasteiger partial charge in [-0.3, -0.25) is 5.10 Å². The fourth-order valence-corrected chi connectivity index (χ4v) is 2.08. The van der Waals surface area contributed by atoms with Gasteiger partial charge in [0.15, 0.2) is 5.65 Å². The average Bonchev–Trinajstić information content (AvgIpc) is 2.86. The summed E-state index contributed by atoms with van der Waals surface area (Å²) in [4.78, 5) is 7.89. The summed E-state index contributed by atoms with van der Waals surface area (Å²) in [5.41, 5.74) is 1.11. The van der Waals surface area contributed by atoms with Crippen LogP contribution in [0.2, 0.25) is 0 Å². The Hall–Kier alpha value is -1.57. The molecule has 1 aliphatic heterocycles. The third kappa shape index (κ3) is 1.51. The van der Waals surface area contributed by atoms with Crippen molar-refractivity contribution in [3.05, 3.63) is 18.2 Å². The number of ether oxygens (including phenoxy) is 1. The molecule has 0 aromatic carbocycles. The minimum Gasteiger partial charge on any atom is -0.388 e. The summed E-state index contributed by atoms with van der Waals surface area (Å²) in [6.45, 7) is 1.71. The highest BCUT2D eigenvalue weighted by Gasteiger charge is 2.42. The number of aliphatic hydroxyl groups is 2. The fourth-order valence-electron chi connectivity index (χ4n) is 2.08. The molecule has 3 heterocycles. The Balaban J connectivity index is 2.05. The summed E-state index contributed by atoms with van der Waals surface area (Å²) in [6, 6.07) is 0. The Kier molecular flexibility index (Phi) is 2.32. The predicted molar refractivity (Wildman–Crippen MR) is 57.0 cm³/mol. The van der Waals surface area contributed by atoms with E-state index in [1.807, 2.05) is 0 Å². The first-order valence-corrected chi connectivity index (χ1v) is 5.34. The normalized spacial score (nSPS) is 33.4. The van der Waals surface area contributed by atoms with Crippen molar-refractivity contribution in [2.45, 2.75) is 31.3 Å². The molecule has 0 radical (unpaired) electrons. The van der Waals surface area contributed by atoms with Crippen molar-refractivity contribution in [1.82, 2.24) is 20.2 Å². The number of nitrogens with one attached hydrogen (secondary N) is 1. The van der Waals surface area contributed by atoms with E-state index in [2.05, 4.69) is 20.2 Å². The smallest absolute Gasteiger partial charge is 0.184 e. The van der Waals surface area contributed by atoms with E-state index in [1.165, 1.54) is 6.33 Å². The Morgan fingerprint density at radius 1 is 1.35 bits per heavy atom. The van der Waals surface area contributed by atoms with Crippen LogP contribution in [-0.2, 0) is 4.74 Å². The Labute approximate surface area is 96.5 Å². The molecular formula is C10H12N4O3. The van der Waals surface area contributed by atoms with Crippen molar-refractivity contribution in [3.8, 4) is 0 Å². The average molecular weight is 236 g/mol. The lowest BCUT2D eigenvalue weighted by atomic mass is 10.1. The van der Waals surface area contributed by atoms with E-state index in [1.54, 1.807) is 13.1 Å². The number of fused-ring (bicyclic) bond motifs is 1. The summed E-state index contributed by atoms with van der Waals surface area (Å²) in [6.07, 6.45) is 0.0778. The van der Waals surface area contributed by atoms with Gasteiger partial charge >= 0.3 is 0 Å². The van der Waals surface area contributed by atoms with Gasteiger partial charge in [-0.05, 0) is 6.92 Å². The van der Waals surface area contributed by atoms with Crippen LogP contribution in [0.25, 0.3) is 11.0 Å². The maximum absolute atomic E-state index is 9.90. The minimum atomic E-state index is -0.978. The maximum atomic E-state index is 9.90. The van der Waals surface area contributed by atoms with Crippen molar-refractivity contribution in [2.75, 3.05) is 0 Å². The fraction of sp³-hybridized carbons (Fsp3) is 0.500. The number of aliphatic hydroxyl groups excluding tert-OH is 2. The Morgan fingerprint density at radius 2 is 2.18 bits per heavy atom. The molecule has 7 heteroatoms. The summed E-state index contributed by atoms with van der Waals surface area (Å²) in [5.74, 6) is 0. The van der Waals surface area contributed by atoms with E-state index in [0.29, 0.717) is 16.7 Å². The quantitative estimate of drug-likeness (QED) is 0.618. The molecule has 1 aliphatic rings. The molecule has 0 saturated carbocycles. The van der Waals surface area contributed by atoms with Crippen LogP contribution < -0.4 is 0 Å². The lowest BCUT2D eigenvalue weighted by Gasteiger charge is -2.12. The summed E-state index contributed by atoms with van der Waals surface area (Å²) >= 11 is 0. The second kappa shape index (κ2) is 3.73. The first-order valence-electron chi connectivity index (χ1n) is 5.34. The van der Waals surface area contributed by atoms with Gasteiger partial charge in [0.1, 0.15) is 24.6 Å². The molecule has 1 fully saturated rings. The van der Waals surface area contributed by atoms with Crippen molar-refractivity contribution < 1.29 is 14.9 Å². The lowest BCUT2D eigenvalue weighted by molar-refractivity contribution is 0.0133. The maximum Gasteiger partial charge on any atom is 0.184 e. The van der Waals surface area contributed by atoms with Crippen LogP contribution in [0.3, 0.4) is 0 Å². The molecule has 3 N–H and O–H groups in total. The van der Waals surface area contributed by atoms with E-state index in [-0.39, 0.29) is 0 Å². The summed E-state index contributed by atoms with van der Waals surface area (Å²) < 4.78 is 5.51. The standard InChI is InChI=1S/C10H12N4O3/c1-4-7(15)8(16)9(17-4)6-5-2-11-3-12-10(5)14-13-6/h2-4,7-9,15-16H,1H3,(H,11,12,13,14)/t4-,7-,8-,9+/m1/s1. The van der Waals surface area contributed by atoms with Gasteiger partial charge in [-0.25, -0.2) is 9.97 Å². The number of H-pyrrole nitrogens is 1. The molecule has 0 spiro atoms. The molecule has 0 aliphatic carbocycles. The first-order chi connectivity index (χ1) is 8.18. The lowest BCUT2D eigenvalue weighted by Crippen LogP contribution is -2.28. The molecule has 0 unspecified atom stereocenters. The molecular weight excluding hydrogens is 224 g/mol. The second-order valence-corrected chi connectivity index (χ2v) is 4.14. The van der Waals surface area contributed by atoms with Gasteiger partial charge in [0.2, 0.25) is 0 Å². The highest BCUT2D eigenvalue weighted by Crippen LogP contribution is 2.34. The molecule has 2 aromatic rings.